The van der Waals surface area contributed by atoms with Crippen molar-refractivity contribution in [2.75, 3.05) is 77.1 Å². The van der Waals surface area contributed by atoms with Crippen molar-refractivity contribution in [1.29, 1.82) is 0 Å². The lowest BCUT2D eigenvalue weighted by Gasteiger charge is -2.32. The zero-order valence-corrected chi connectivity index (χ0v) is 21.5. The zero-order valence-electron chi connectivity index (χ0n) is 21.5. The van der Waals surface area contributed by atoms with Crippen molar-refractivity contribution in [3.63, 3.8) is 0 Å². The van der Waals surface area contributed by atoms with E-state index >= 15 is 0 Å². The Balaban J connectivity index is 2.48. The van der Waals surface area contributed by atoms with Gasteiger partial charge in [0.1, 0.15) is 0 Å². The van der Waals surface area contributed by atoms with Gasteiger partial charge in [-0.15, -0.1) is 0 Å². The molecule has 0 unspecified atom stereocenters. The minimum absolute atomic E-state index is 0.404. The Morgan fingerprint density at radius 3 is 1.15 bits per heavy atom. The Hall–Kier alpha value is -2.98. The highest BCUT2D eigenvalue weighted by Gasteiger charge is 2.20. The number of hydrogen-bond acceptors (Lipinski definition) is 4. The topological polar surface area (TPSA) is 116 Å². The maximum atomic E-state index is 12.1. The number of nitrogens with zero attached hydrogens (tertiary/aromatic N) is 2. The van der Waals surface area contributed by atoms with E-state index in [0.29, 0.717) is 24.5 Å². The number of carbonyl (C=O) groups excluding carboxylic acids is 4. The van der Waals surface area contributed by atoms with Crippen LogP contribution in [-0.2, 0) is 19.2 Å². The highest BCUT2D eigenvalue weighted by Crippen LogP contribution is 2.13. The van der Waals surface area contributed by atoms with Gasteiger partial charge in [-0.3, -0.25) is 19.2 Å². The summed E-state index contributed by atoms with van der Waals surface area (Å²) in [7, 11) is 4.20. The highest BCUT2D eigenvalue weighted by atomic mass is 16.2. The summed E-state index contributed by atoms with van der Waals surface area (Å²) < 4.78 is 1.62. The number of rotatable bonds is 12. The lowest BCUT2D eigenvalue weighted by atomic mass is 10.2. The molecule has 0 spiro atoms. The lowest BCUT2D eigenvalue weighted by Crippen LogP contribution is -2.49. The number of hydrogen-bond donors (Lipinski definition) is 4. The molecule has 4 N–H and O–H groups in total. The number of likely N-dealkylation sites (N-methyl/N-ethyl adjacent to an activating group) is 2. The quantitative estimate of drug-likeness (QED) is 0.262. The van der Waals surface area contributed by atoms with Crippen molar-refractivity contribution in [3.05, 3.63) is 24.3 Å². The van der Waals surface area contributed by atoms with E-state index in [2.05, 4.69) is 63.1 Å². The number of nitrogens with one attached hydrogen (secondary N) is 4. The van der Waals surface area contributed by atoms with Crippen molar-refractivity contribution < 1.29 is 28.1 Å². The summed E-state index contributed by atoms with van der Waals surface area (Å²) in [4.78, 5) is 48.3. The molecule has 0 aliphatic heterocycles. The van der Waals surface area contributed by atoms with Crippen molar-refractivity contribution in [3.8, 4) is 0 Å². The average molecular weight is 479 g/mol. The van der Waals surface area contributed by atoms with Crippen molar-refractivity contribution in [2.24, 2.45) is 0 Å². The fraction of sp³-hybridized carbons (Fsp3) is 0.583. The molecule has 4 amide bonds. The van der Waals surface area contributed by atoms with Gasteiger partial charge in [-0.05, 0) is 52.0 Å². The van der Waals surface area contributed by atoms with Crippen LogP contribution >= 0.6 is 0 Å². The average Bonchev–Trinajstić information content (AvgIpc) is 2.84. The van der Waals surface area contributed by atoms with Crippen LogP contribution in [0.25, 0.3) is 0 Å². The summed E-state index contributed by atoms with van der Waals surface area (Å²) in [5.74, 6) is -2.92. The number of benzene rings is 1. The van der Waals surface area contributed by atoms with E-state index in [1.165, 1.54) is 0 Å². The third-order valence-electron chi connectivity index (χ3n) is 6.74. The zero-order chi connectivity index (χ0) is 25.8. The molecule has 34 heavy (non-hydrogen) atoms. The smallest absolute Gasteiger partial charge is 0.313 e. The first-order valence-electron chi connectivity index (χ1n) is 12.0. The van der Waals surface area contributed by atoms with Crippen LogP contribution in [0.4, 0.5) is 11.4 Å². The van der Waals surface area contributed by atoms with Crippen molar-refractivity contribution in [2.45, 2.75) is 27.7 Å². The molecule has 1 rings (SSSR count). The van der Waals surface area contributed by atoms with Crippen LogP contribution in [0, 0.1) is 0 Å². The van der Waals surface area contributed by atoms with E-state index in [9.17, 15) is 19.2 Å². The molecule has 0 aliphatic carbocycles. The van der Waals surface area contributed by atoms with Gasteiger partial charge in [-0.25, -0.2) is 0 Å². The number of anilines is 2. The van der Waals surface area contributed by atoms with Gasteiger partial charge in [-0.2, -0.15) is 0 Å². The Morgan fingerprint density at radius 2 is 0.882 bits per heavy atom. The largest absolute Gasteiger partial charge is 0.342 e. The van der Waals surface area contributed by atoms with Gasteiger partial charge in [0.25, 0.3) is 0 Å². The van der Waals surface area contributed by atoms with E-state index in [1.54, 1.807) is 24.3 Å². The maximum Gasteiger partial charge on any atom is 0.313 e. The molecular weight excluding hydrogens is 436 g/mol. The van der Waals surface area contributed by atoms with E-state index in [4.69, 9.17) is 0 Å². The van der Waals surface area contributed by atoms with Crippen LogP contribution in [0.15, 0.2) is 24.3 Å². The lowest BCUT2D eigenvalue weighted by molar-refractivity contribution is -0.904. The molecule has 0 atom stereocenters. The molecule has 0 fully saturated rings. The van der Waals surface area contributed by atoms with Gasteiger partial charge >= 0.3 is 23.6 Å². The highest BCUT2D eigenvalue weighted by molar-refractivity contribution is 6.40. The summed E-state index contributed by atoms with van der Waals surface area (Å²) in [5.41, 5.74) is 0.808. The van der Waals surface area contributed by atoms with Gasteiger partial charge in [0.05, 0.1) is 66.5 Å². The third kappa shape index (κ3) is 9.48. The van der Waals surface area contributed by atoms with Gasteiger partial charge in [-0.1, -0.05) is 0 Å². The van der Waals surface area contributed by atoms with Crippen LogP contribution in [0.3, 0.4) is 0 Å². The molecule has 1 aromatic rings. The molecule has 0 aliphatic rings. The molecule has 190 valence electrons. The standard InChI is InChI=1S/C24H40N6O4/c1-7-29(5,8-2)17-15-25-21(31)23(33)27-19-11-13-20(14-12-19)28-24(34)22(32)26-16-18-30(6,9-3)10-4/h11-14H,7-10,15-18H2,1-6H3,(H2-2,25,26,27,28,31,32,33,34)/p+2. The minimum Gasteiger partial charge on any atom is -0.342 e. The third-order valence-corrected chi connectivity index (χ3v) is 6.74. The number of carbonyl (C=O) groups is 4. The van der Waals surface area contributed by atoms with E-state index in [1.807, 2.05) is 0 Å². The predicted octanol–water partition coefficient (Wildman–Crippen LogP) is 0.769. The normalized spacial score (nSPS) is 11.5. The van der Waals surface area contributed by atoms with Crippen molar-refractivity contribution >= 4 is 35.0 Å². The molecular formula is C24H42N6O4+2. The second-order valence-corrected chi connectivity index (χ2v) is 8.95. The molecule has 10 heteroatoms. The van der Waals surface area contributed by atoms with E-state index in [0.717, 1.165) is 48.2 Å². The van der Waals surface area contributed by atoms with Crippen LogP contribution in [0.5, 0.6) is 0 Å². The summed E-state index contributed by atoms with van der Waals surface area (Å²) in [6, 6.07) is 6.19. The Labute approximate surface area is 203 Å². The molecule has 0 saturated carbocycles. The molecule has 0 heterocycles. The van der Waals surface area contributed by atoms with E-state index in [-0.39, 0.29) is 0 Å². The SMILES string of the molecule is CC[N+](C)(CC)CCNC(=O)C(=O)Nc1ccc(NC(=O)C(=O)NCC[N+](C)(CC)CC)cc1. The number of quaternary nitrogens is 2. The molecule has 1 aromatic carbocycles. The summed E-state index contributed by atoms with van der Waals surface area (Å²) >= 11 is 0. The second kappa shape index (κ2) is 13.7. The van der Waals surface area contributed by atoms with Gasteiger partial charge in [0.2, 0.25) is 0 Å². The predicted molar refractivity (Wildman–Crippen MR) is 134 cm³/mol. The Morgan fingerprint density at radius 1 is 0.588 bits per heavy atom. The second-order valence-electron chi connectivity index (χ2n) is 8.95. The minimum atomic E-state index is -0.761. The number of amides is 4. The maximum absolute atomic E-state index is 12.1. The van der Waals surface area contributed by atoms with Crippen LogP contribution in [-0.4, -0.2) is 99.0 Å². The molecule has 0 radical (unpaired) electrons. The van der Waals surface area contributed by atoms with Crippen molar-refractivity contribution in [1.82, 2.24) is 10.6 Å². The Kier molecular flexibility index (Phi) is 11.7. The fourth-order valence-corrected chi connectivity index (χ4v) is 3.13. The molecule has 0 aromatic heterocycles. The van der Waals surface area contributed by atoms with Crippen LogP contribution in [0.2, 0.25) is 0 Å². The van der Waals surface area contributed by atoms with Crippen LogP contribution < -0.4 is 21.3 Å². The van der Waals surface area contributed by atoms with Crippen LogP contribution in [0.1, 0.15) is 27.7 Å². The summed E-state index contributed by atoms with van der Waals surface area (Å²) in [6.07, 6.45) is 0. The van der Waals surface area contributed by atoms with Gasteiger partial charge in [0, 0.05) is 11.4 Å². The van der Waals surface area contributed by atoms with E-state index < -0.39 is 23.6 Å². The fourth-order valence-electron chi connectivity index (χ4n) is 3.13. The summed E-state index contributed by atoms with van der Waals surface area (Å²) in [5, 5.41) is 10.3. The molecule has 0 saturated heterocycles. The monoisotopic (exact) mass is 478 g/mol. The summed E-state index contributed by atoms with van der Waals surface area (Å²) in [6.45, 7) is 14.4. The first-order chi connectivity index (χ1) is 16.0. The first-order valence-corrected chi connectivity index (χ1v) is 12.0. The van der Waals surface area contributed by atoms with Gasteiger partial charge < -0.3 is 30.2 Å². The molecule has 0 bridgehead atoms. The first kappa shape index (κ1) is 29.1. The molecule has 10 nitrogen and oxygen atoms in total. The Bertz CT molecular complexity index is 763. The van der Waals surface area contributed by atoms with Gasteiger partial charge in [0.15, 0.2) is 0 Å².